The zero-order chi connectivity index (χ0) is 27.0. The number of hydrogen-bond donors (Lipinski definition) is 1. The Kier molecular flexibility index (Phi) is 11.0. The van der Waals surface area contributed by atoms with Crippen molar-refractivity contribution in [3.63, 3.8) is 0 Å². The van der Waals surface area contributed by atoms with Crippen molar-refractivity contribution in [3.8, 4) is 0 Å². The fraction of sp³-hybridized carbons (Fsp3) is 0.440. The number of para-hydroxylation sites is 1. The van der Waals surface area contributed by atoms with Gasteiger partial charge in [0, 0.05) is 37.2 Å². The Hall–Kier alpha value is -2.33. The van der Waals surface area contributed by atoms with E-state index in [0.717, 1.165) is 8.61 Å². The molecular weight excluding hydrogens is 523 g/mol. The average molecular weight is 558 g/mol. The molecule has 11 heteroatoms. The molecule has 0 bridgehead atoms. The maximum Gasteiger partial charge on any atom is 0.304 e. The lowest BCUT2D eigenvalue weighted by Gasteiger charge is -2.34. The first-order valence-corrected chi connectivity index (χ1v) is 13.8. The monoisotopic (exact) mass is 556 g/mol. The van der Waals surface area contributed by atoms with E-state index < -0.39 is 28.7 Å². The third kappa shape index (κ3) is 7.83. The fourth-order valence-corrected chi connectivity index (χ4v) is 5.01. The Labute approximate surface area is 224 Å². The zero-order valence-electron chi connectivity index (χ0n) is 21.2. The first-order valence-electron chi connectivity index (χ1n) is 11.6. The van der Waals surface area contributed by atoms with Gasteiger partial charge in [-0.1, -0.05) is 68.2 Å². The highest BCUT2D eigenvalue weighted by Gasteiger charge is 2.34. The van der Waals surface area contributed by atoms with E-state index in [0.29, 0.717) is 34.3 Å². The van der Waals surface area contributed by atoms with Crippen LogP contribution in [0.1, 0.15) is 32.8 Å². The number of carbonyl (C=O) groups excluding carboxylic acids is 2. The highest BCUT2D eigenvalue weighted by Crippen LogP contribution is 2.25. The van der Waals surface area contributed by atoms with E-state index in [-0.39, 0.29) is 18.4 Å². The molecule has 0 fully saturated rings. The van der Waals surface area contributed by atoms with Crippen molar-refractivity contribution < 1.29 is 18.0 Å². The number of amides is 2. The molecule has 0 heterocycles. The van der Waals surface area contributed by atoms with Crippen LogP contribution in [0.5, 0.6) is 0 Å². The Morgan fingerprint density at radius 2 is 1.67 bits per heavy atom. The maximum absolute atomic E-state index is 13.8. The average Bonchev–Trinajstić information content (AvgIpc) is 2.82. The predicted molar refractivity (Wildman–Crippen MR) is 145 cm³/mol. The van der Waals surface area contributed by atoms with Gasteiger partial charge in [-0.3, -0.25) is 9.59 Å². The number of carbonyl (C=O) groups is 2. The van der Waals surface area contributed by atoms with Crippen molar-refractivity contribution in [2.24, 2.45) is 5.92 Å². The summed E-state index contributed by atoms with van der Waals surface area (Å²) in [5.74, 6) is -0.631. The van der Waals surface area contributed by atoms with Crippen molar-refractivity contribution in [3.05, 3.63) is 64.1 Å². The van der Waals surface area contributed by atoms with Gasteiger partial charge in [-0.05, 0) is 42.2 Å². The molecule has 2 rings (SSSR count). The lowest BCUT2D eigenvalue weighted by atomic mass is 10.1. The Bertz CT molecular complexity index is 1140. The molecule has 0 aliphatic heterocycles. The summed E-state index contributed by atoms with van der Waals surface area (Å²) < 4.78 is 28.4. The summed E-state index contributed by atoms with van der Waals surface area (Å²) in [4.78, 5) is 28.3. The van der Waals surface area contributed by atoms with Crippen LogP contribution in [-0.4, -0.2) is 62.7 Å². The number of rotatable bonds is 12. The lowest BCUT2D eigenvalue weighted by molar-refractivity contribution is -0.140. The molecule has 198 valence electrons. The van der Waals surface area contributed by atoms with Crippen LogP contribution in [0, 0.1) is 5.92 Å². The highest BCUT2D eigenvalue weighted by molar-refractivity contribution is 7.90. The molecule has 2 aromatic carbocycles. The molecule has 0 aliphatic carbocycles. The van der Waals surface area contributed by atoms with Gasteiger partial charge in [0.1, 0.15) is 12.6 Å². The van der Waals surface area contributed by atoms with E-state index in [1.54, 1.807) is 55.5 Å². The van der Waals surface area contributed by atoms with Gasteiger partial charge in [0.25, 0.3) is 0 Å². The van der Waals surface area contributed by atoms with Crippen LogP contribution in [0.2, 0.25) is 10.0 Å². The molecular formula is C25H34Cl2N4O4S. The normalized spacial score (nSPS) is 12.5. The molecule has 36 heavy (non-hydrogen) atoms. The minimum Gasteiger partial charge on any atom is -0.354 e. The van der Waals surface area contributed by atoms with Crippen molar-refractivity contribution in [1.29, 1.82) is 0 Å². The molecule has 0 spiro atoms. The van der Waals surface area contributed by atoms with Crippen LogP contribution in [0.4, 0.5) is 5.69 Å². The Morgan fingerprint density at radius 3 is 2.19 bits per heavy atom. The second kappa shape index (κ2) is 13.3. The first-order chi connectivity index (χ1) is 16.9. The largest absolute Gasteiger partial charge is 0.354 e. The van der Waals surface area contributed by atoms with Crippen LogP contribution in [0.3, 0.4) is 0 Å². The third-order valence-electron chi connectivity index (χ3n) is 5.49. The molecule has 2 aromatic rings. The molecule has 0 aromatic heterocycles. The summed E-state index contributed by atoms with van der Waals surface area (Å²) in [6.07, 6.45) is 0.326. The first kappa shape index (κ1) is 29.9. The molecule has 1 atom stereocenters. The second-order valence-electron chi connectivity index (χ2n) is 8.95. The number of nitrogens with zero attached hydrogens (tertiary/aromatic N) is 3. The van der Waals surface area contributed by atoms with Crippen molar-refractivity contribution in [1.82, 2.24) is 14.5 Å². The fourth-order valence-electron chi connectivity index (χ4n) is 3.49. The van der Waals surface area contributed by atoms with Crippen molar-refractivity contribution >= 4 is 50.9 Å². The van der Waals surface area contributed by atoms with Crippen LogP contribution >= 0.6 is 23.2 Å². The summed E-state index contributed by atoms with van der Waals surface area (Å²) in [5.41, 5.74) is 0.924. The topological polar surface area (TPSA) is 90.0 Å². The number of halogens is 2. The van der Waals surface area contributed by atoms with Gasteiger partial charge in [-0.2, -0.15) is 12.7 Å². The zero-order valence-corrected chi connectivity index (χ0v) is 23.6. The summed E-state index contributed by atoms with van der Waals surface area (Å²) in [7, 11) is -1.21. The van der Waals surface area contributed by atoms with E-state index in [4.69, 9.17) is 23.2 Å². The minimum absolute atomic E-state index is 0.00703. The van der Waals surface area contributed by atoms with Crippen molar-refractivity contribution in [2.45, 2.75) is 39.8 Å². The van der Waals surface area contributed by atoms with Gasteiger partial charge in [-0.25, -0.2) is 4.31 Å². The minimum atomic E-state index is -4.01. The van der Waals surface area contributed by atoms with Crippen LogP contribution in [0.15, 0.2) is 48.5 Å². The molecule has 0 aliphatic rings. The van der Waals surface area contributed by atoms with E-state index in [2.05, 4.69) is 5.32 Å². The van der Waals surface area contributed by atoms with Crippen molar-refractivity contribution in [2.75, 3.05) is 31.5 Å². The number of hydrogen-bond acceptors (Lipinski definition) is 4. The molecule has 0 unspecified atom stereocenters. The second-order valence-corrected chi connectivity index (χ2v) is 11.9. The van der Waals surface area contributed by atoms with Gasteiger partial charge in [0.2, 0.25) is 11.8 Å². The molecule has 1 N–H and O–H groups in total. The van der Waals surface area contributed by atoms with E-state index in [1.807, 2.05) is 13.8 Å². The van der Waals surface area contributed by atoms with Crippen LogP contribution in [-0.2, 0) is 26.3 Å². The van der Waals surface area contributed by atoms with Crippen LogP contribution in [0.25, 0.3) is 0 Å². The molecule has 8 nitrogen and oxygen atoms in total. The van der Waals surface area contributed by atoms with E-state index in [9.17, 15) is 18.0 Å². The predicted octanol–water partition coefficient (Wildman–Crippen LogP) is 4.19. The van der Waals surface area contributed by atoms with Gasteiger partial charge in [0.15, 0.2) is 0 Å². The maximum atomic E-state index is 13.8. The molecule has 0 saturated carbocycles. The number of anilines is 1. The highest BCUT2D eigenvalue weighted by atomic mass is 35.5. The molecule has 2 amide bonds. The van der Waals surface area contributed by atoms with Gasteiger partial charge in [-0.15, -0.1) is 0 Å². The third-order valence-corrected chi connectivity index (χ3v) is 7.90. The van der Waals surface area contributed by atoms with Gasteiger partial charge in [0.05, 0.1) is 5.69 Å². The summed E-state index contributed by atoms with van der Waals surface area (Å²) in [5, 5.41) is 3.67. The standard InChI is InChI=1S/C25H34Cl2N4O4S/c1-6-23(25(33)28-15-18(2)3)30(16-19-12-13-20(26)14-22(19)27)24(32)17-31(36(34,35)29(4)5)21-10-8-7-9-11-21/h7-14,18,23H,6,15-17H2,1-5H3,(H,28,33)/t23-/m0/s1. The Morgan fingerprint density at radius 1 is 1.03 bits per heavy atom. The number of nitrogens with one attached hydrogen (secondary N) is 1. The van der Waals surface area contributed by atoms with E-state index >= 15 is 0 Å². The van der Waals surface area contributed by atoms with Crippen LogP contribution < -0.4 is 9.62 Å². The summed E-state index contributed by atoms with van der Waals surface area (Å²) in [6.45, 7) is 5.71. The van der Waals surface area contributed by atoms with Gasteiger partial charge >= 0.3 is 10.2 Å². The Balaban J connectivity index is 2.49. The molecule has 0 saturated heterocycles. The van der Waals surface area contributed by atoms with E-state index in [1.165, 1.54) is 19.0 Å². The molecule has 0 radical (unpaired) electrons. The van der Waals surface area contributed by atoms with Gasteiger partial charge < -0.3 is 10.2 Å². The lowest BCUT2D eigenvalue weighted by Crippen LogP contribution is -2.53. The summed E-state index contributed by atoms with van der Waals surface area (Å²) >= 11 is 12.4. The smallest absolute Gasteiger partial charge is 0.304 e. The summed E-state index contributed by atoms with van der Waals surface area (Å²) in [6, 6.07) is 12.4. The quantitative estimate of drug-likeness (QED) is 0.424. The SMILES string of the molecule is CC[C@@H](C(=O)NCC(C)C)N(Cc1ccc(Cl)cc1Cl)C(=O)CN(c1ccccc1)S(=O)(=O)N(C)C. The number of benzene rings is 2.